The Labute approximate surface area is 123 Å². The second-order valence-corrected chi connectivity index (χ2v) is 4.15. The van der Waals surface area contributed by atoms with Crippen LogP contribution in [0.5, 0.6) is 0 Å². The van der Waals surface area contributed by atoms with E-state index in [1.165, 1.54) is 0 Å². The number of rotatable bonds is 3. The van der Waals surface area contributed by atoms with E-state index in [1.807, 2.05) is 30.3 Å². The Morgan fingerprint density at radius 3 is 2.81 bits per heavy atom. The van der Waals surface area contributed by atoms with Crippen molar-refractivity contribution < 1.29 is 9.53 Å². The summed E-state index contributed by atoms with van der Waals surface area (Å²) in [5, 5.41) is 2.55. The second kappa shape index (κ2) is 7.56. The number of aromatic nitrogens is 1. The number of nitrogens with one attached hydrogen (secondary N) is 1. The zero-order valence-electron chi connectivity index (χ0n) is 11.4. The molecule has 2 rings (SSSR count). The molecular formula is C16H15N3O2. The molecule has 1 amide bonds. The number of nitrogens with zero attached hydrogens (tertiary/aromatic N) is 1. The molecule has 0 saturated carbocycles. The summed E-state index contributed by atoms with van der Waals surface area (Å²) < 4.78 is 5.05. The van der Waals surface area contributed by atoms with Crippen molar-refractivity contribution in [2.75, 3.05) is 12.3 Å². The molecule has 1 heterocycles. The summed E-state index contributed by atoms with van der Waals surface area (Å²) in [7, 11) is 0. The molecule has 0 spiro atoms. The van der Waals surface area contributed by atoms with Crippen LogP contribution in [0.15, 0.2) is 48.7 Å². The monoisotopic (exact) mass is 281 g/mol. The van der Waals surface area contributed by atoms with E-state index in [-0.39, 0.29) is 13.2 Å². The second-order valence-electron chi connectivity index (χ2n) is 4.15. The topological polar surface area (TPSA) is 77.2 Å². The number of hydrogen-bond acceptors (Lipinski definition) is 4. The Morgan fingerprint density at radius 2 is 2.05 bits per heavy atom. The van der Waals surface area contributed by atoms with E-state index < -0.39 is 6.09 Å². The largest absolute Gasteiger partial charge is 0.445 e. The summed E-state index contributed by atoms with van der Waals surface area (Å²) in [4.78, 5) is 15.4. The van der Waals surface area contributed by atoms with E-state index >= 15 is 0 Å². The van der Waals surface area contributed by atoms with Crippen LogP contribution in [0.25, 0.3) is 0 Å². The highest BCUT2D eigenvalue weighted by atomic mass is 16.5. The summed E-state index contributed by atoms with van der Waals surface area (Å²) in [5.41, 5.74) is 7.22. The molecule has 1 aromatic carbocycles. The molecule has 0 saturated heterocycles. The highest BCUT2D eigenvalue weighted by Gasteiger charge is 2.00. The van der Waals surface area contributed by atoms with Crippen molar-refractivity contribution >= 4 is 11.9 Å². The molecule has 5 nitrogen and oxygen atoms in total. The van der Waals surface area contributed by atoms with Gasteiger partial charge < -0.3 is 15.8 Å². The number of ether oxygens (including phenoxy) is 1. The fraction of sp³-hybridized carbons (Fsp3) is 0.125. The zero-order chi connectivity index (χ0) is 14.9. The van der Waals surface area contributed by atoms with Crippen LogP contribution in [-0.2, 0) is 11.3 Å². The van der Waals surface area contributed by atoms with Gasteiger partial charge in [-0.1, -0.05) is 42.2 Å². The van der Waals surface area contributed by atoms with E-state index in [1.54, 1.807) is 18.3 Å². The van der Waals surface area contributed by atoms with Gasteiger partial charge in [0.15, 0.2) is 0 Å². The number of anilines is 1. The lowest BCUT2D eigenvalue weighted by atomic mass is 10.2. The van der Waals surface area contributed by atoms with Crippen LogP contribution < -0.4 is 11.1 Å². The first-order valence-corrected chi connectivity index (χ1v) is 6.39. The predicted octanol–water partition coefficient (Wildman–Crippen LogP) is 1.94. The van der Waals surface area contributed by atoms with Crippen molar-refractivity contribution in [2.45, 2.75) is 6.61 Å². The highest BCUT2D eigenvalue weighted by molar-refractivity contribution is 5.67. The summed E-state index contributed by atoms with van der Waals surface area (Å²) in [6, 6.07) is 13.0. The SMILES string of the molecule is Nc1ncccc1C#CCNC(=O)OCc1ccccc1. The number of alkyl carbamates (subject to hydrolysis) is 1. The van der Waals surface area contributed by atoms with Crippen molar-refractivity contribution in [3.05, 3.63) is 59.8 Å². The molecule has 0 unspecified atom stereocenters. The van der Waals surface area contributed by atoms with E-state index in [0.29, 0.717) is 11.4 Å². The van der Waals surface area contributed by atoms with Gasteiger partial charge in [-0.2, -0.15) is 0 Å². The molecular weight excluding hydrogens is 266 g/mol. The fourth-order valence-electron chi connectivity index (χ4n) is 1.55. The molecule has 0 atom stereocenters. The van der Waals surface area contributed by atoms with Gasteiger partial charge in [-0.05, 0) is 17.7 Å². The molecule has 5 heteroatoms. The summed E-state index contributed by atoms with van der Waals surface area (Å²) in [6.07, 6.45) is 1.09. The Balaban J connectivity index is 1.74. The standard InChI is InChI=1S/C16H15N3O2/c17-15-14(8-4-10-18-15)9-5-11-19-16(20)21-12-13-6-2-1-3-7-13/h1-4,6-8,10H,11-12H2,(H2,17,18)(H,19,20). The Bertz CT molecular complexity index is 660. The average Bonchev–Trinajstić information content (AvgIpc) is 2.52. The molecule has 3 N–H and O–H groups in total. The molecule has 106 valence electrons. The molecule has 0 fully saturated rings. The van der Waals surface area contributed by atoms with Gasteiger partial charge >= 0.3 is 6.09 Å². The maximum Gasteiger partial charge on any atom is 0.408 e. The highest BCUT2D eigenvalue weighted by Crippen LogP contribution is 2.03. The van der Waals surface area contributed by atoms with Crippen LogP contribution in [-0.4, -0.2) is 17.6 Å². The Hall–Kier alpha value is -3.00. The van der Waals surface area contributed by atoms with Gasteiger partial charge in [-0.25, -0.2) is 9.78 Å². The van der Waals surface area contributed by atoms with Crippen LogP contribution in [0.1, 0.15) is 11.1 Å². The maximum absolute atomic E-state index is 11.5. The van der Waals surface area contributed by atoms with Crippen molar-refractivity contribution in [3.63, 3.8) is 0 Å². The number of pyridine rings is 1. The van der Waals surface area contributed by atoms with E-state index in [2.05, 4.69) is 22.1 Å². The first-order chi connectivity index (χ1) is 10.3. The van der Waals surface area contributed by atoms with Crippen LogP contribution in [0.4, 0.5) is 10.6 Å². The van der Waals surface area contributed by atoms with Crippen molar-refractivity contribution in [3.8, 4) is 11.8 Å². The van der Waals surface area contributed by atoms with Gasteiger partial charge in [0.05, 0.1) is 12.1 Å². The van der Waals surface area contributed by atoms with E-state index in [9.17, 15) is 4.79 Å². The summed E-state index contributed by atoms with van der Waals surface area (Å²) >= 11 is 0. The number of carbonyl (C=O) groups excluding carboxylic acids is 1. The Morgan fingerprint density at radius 1 is 1.24 bits per heavy atom. The summed E-state index contributed by atoms with van der Waals surface area (Å²) in [5.74, 6) is 6.00. The smallest absolute Gasteiger partial charge is 0.408 e. The molecule has 0 aliphatic heterocycles. The number of amides is 1. The number of carbonyl (C=O) groups is 1. The van der Waals surface area contributed by atoms with Crippen molar-refractivity contribution in [1.82, 2.24) is 10.3 Å². The van der Waals surface area contributed by atoms with Crippen LogP contribution in [0.2, 0.25) is 0 Å². The quantitative estimate of drug-likeness (QED) is 0.843. The van der Waals surface area contributed by atoms with Crippen LogP contribution >= 0.6 is 0 Å². The van der Waals surface area contributed by atoms with E-state index in [4.69, 9.17) is 10.5 Å². The molecule has 0 bridgehead atoms. The number of benzene rings is 1. The minimum absolute atomic E-state index is 0.182. The lowest BCUT2D eigenvalue weighted by Crippen LogP contribution is -2.24. The summed E-state index contributed by atoms with van der Waals surface area (Å²) in [6.45, 7) is 0.414. The van der Waals surface area contributed by atoms with E-state index in [0.717, 1.165) is 5.56 Å². The van der Waals surface area contributed by atoms with Crippen molar-refractivity contribution in [2.24, 2.45) is 0 Å². The van der Waals surface area contributed by atoms with Gasteiger partial charge in [0.25, 0.3) is 0 Å². The lowest BCUT2D eigenvalue weighted by Gasteiger charge is -2.04. The molecule has 0 aliphatic carbocycles. The zero-order valence-corrected chi connectivity index (χ0v) is 11.4. The lowest BCUT2D eigenvalue weighted by molar-refractivity contribution is 0.141. The molecule has 0 radical (unpaired) electrons. The third-order valence-electron chi connectivity index (χ3n) is 2.60. The van der Waals surface area contributed by atoms with Gasteiger partial charge in [-0.3, -0.25) is 0 Å². The minimum atomic E-state index is -0.507. The van der Waals surface area contributed by atoms with Crippen LogP contribution in [0, 0.1) is 11.8 Å². The van der Waals surface area contributed by atoms with Gasteiger partial charge in [-0.15, -0.1) is 0 Å². The molecule has 21 heavy (non-hydrogen) atoms. The molecule has 1 aromatic heterocycles. The number of nitrogen functional groups attached to an aromatic ring is 1. The molecule has 0 aliphatic rings. The Kier molecular flexibility index (Phi) is 5.18. The average molecular weight is 281 g/mol. The first kappa shape index (κ1) is 14.4. The third-order valence-corrected chi connectivity index (χ3v) is 2.60. The van der Waals surface area contributed by atoms with Crippen LogP contribution in [0.3, 0.4) is 0 Å². The number of hydrogen-bond donors (Lipinski definition) is 2. The number of nitrogens with two attached hydrogens (primary N) is 1. The van der Waals surface area contributed by atoms with Gasteiger partial charge in [0, 0.05) is 6.20 Å². The van der Waals surface area contributed by atoms with Gasteiger partial charge in [0.2, 0.25) is 0 Å². The first-order valence-electron chi connectivity index (χ1n) is 6.39. The predicted molar refractivity (Wildman–Crippen MR) is 80.2 cm³/mol. The minimum Gasteiger partial charge on any atom is -0.445 e. The normalized spacial score (nSPS) is 9.33. The molecule has 2 aromatic rings. The fourth-order valence-corrected chi connectivity index (χ4v) is 1.55. The van der Waals surface area contributed by atoms with Crippen molar-refractivity contribution in [1.29, 1.82) is 0 Å². The third kappa shape index (κ3) is 4.88. The van der Waals surface area contributed by atoms with Gasteiger partial charge in [0.1, 0.15) is 12.4 Å². The maximum atomic E-state index is 11.5.